The highest BCUT2D eigenvalue weighted by Crippen LogP contribution is 2.21. The summed E-state index contributed by atoms with van der Waals surface area (Å²) < 4.78 is 0. The summed E-state index contributed by atoms with van der Waals surface area (Å²) in [4.78, 5) is 36.2. The number of nitrogens with zero attached hydrogens (tertiary/aromatic N) is 3. The molecule has 2 aromatic heterocycles. The van der Waals surface area contributed by atoms with E-state index in [9.17, 15) is 9.59 Å². The summed E-state index contributed by atoms with van der Waals surface area (Å²) in [6.07, 6.45) is 2.83. The average molecular weight is 358 g/mol. The third-order valence-electron chi connectivity index (χ3n) is 4.31. The van der Waals surface area contributed by atoms with Gasteiger partial charge in [-0.3, -0.25) is 14.6 Å². The van der Waals surface area contributed by atoms with Gasteiger partial charge in [-0.2, -0.15) is 0 Å². The quantitative estimate of drug-likeness (QED) is 0.858. The molecule has 7 heteroatoms. The van der Waals surface area contributed by atoms with Crippen molar-refractivity contribution in [3.05, 3.63) is 45.7 Å². The van der Waals surface area contributed by atoms with Crippen molar-refractivity contribution >= 4 is 23.2 Å². The first-order chi connectivity index (χ1) is 12.1. The van der Waals surface area contributed by atoms with E-state index in [4.69, 9.17) is 0 Å². The van der Waals surface area contributed by atoms with Crippen LogP contribution in [0, 0.1) is 12.8 Å². The van der Waals surface area contributed by atoms with Gasteiger partial charge in [-0.1, -0.05) is 13.0 Å². The smallest absolute Gasteiger partial charge is 0.225 e. The fourth-order valence-electron chi connectivity index (χ4n) is 3.03. The van der Waals surface area contributed by atoms with Crippen molar-refractivity contribution in [2.24, 2.45) is 5.92 Å². The summed E-state index contributed by atoms with van der Waals surface area (Å²) in [5, 5.41) is 3.98. The van der Waals surface area contributed by atoms with Gasteiger partial charge in [-0.15, -0.1) is 11.3 Å². The Morgan fingerprint density at radius 1 is 1.44 bits per heavy atom. The van der Waals surface area contributed by atoms with Crippen LogP contribution in [0.1, 0.15) is 34.6 Å². The Morgan fingerprint density at radius 3 is 3.00 bits per heavy atom. The van der Waals surface area contributed by atoms with E-state index in [-0.39, 0.29) is 24.2 Å². The molecule has 3 rings (SSSR count). The number of aryl methyl sites for hydroxylation is 2. The summed E-state index contributed by atoms with van der Waals surface area (Å²) in [6.45, 7) is 5.42. The van der Waals surface area contributed by atoms with Gasteiger partial charge in [0.05, 0.1) is 35.4 Å². The van der Waals surface area contributed by atoms with Crippen molar-refractivity contribution in [3.8, 4) is 0 Å². The molecule has 1 saturated heterocycles. The molecule has 0 aromatic carbocycles. The zero-order valence-corrected chi connectivity index (χ0v) is 15.3. The predicted molar refractivity (Wildman–Crippen MR) is 95.8 cm³/mol. The number of amides is 2. The maximum atomic E-state index is 12.4. The van der Waals surface area contributed by atoms with E-state index in [0.717, 1.165) is 27.7 Å². The van der Waals surface area contributed by atoms with E-state index in [1.54, 1.807) is 22.4 Å². The minimum Gasteiger partial charge on any atom is -0.351 e. The molecule has 132 valence electrons. The molecule has 2 aromatic rings. The lowest BCUT2D eigenvalue weighted by Gasteiger charge is -2.16. The van der Waals surface area contributed by atoms with Crippen LogP contribution in [0.2, 0.25) is 0 Å². The highest BCUT2D eigenvalue weighted by atomic mass is 32.1. The molecule has 0 spiro atoms. The van der Waals surface area contributed by atoms with Crippen LogP contribution in [0.4, 0.5) is 0 Å². The number of likely N-dealkylation sites (tertiary alicyclic amines) is 1. The molecule has 1 aliphatic rings. The van der Waals surface area contributed by atoms with Gasteiger partial charge in [-0.05, 0) is 25.5 Å². The van der Waals surface area contributed by atoms with E-state index in [1.165, 1.54) is 0 Å². The molecule has 6 nitrogen and oxygen atoms in total. The fourth-order valence-corrected chi connectivity index (χ4v) is 3.99. The second-order valence-corrected chi connectivity index (χ2v) is 7.46. The molecular formula is C18H22N4O2S. The Labute approximate surface area is 151 Å². The average Bonchev–Trinajstić information content (AvgIpc) is 3.16. The van der Waals surface area contributed by atoms with E-state index >= 15 is 0 Å². The van der Waals surface area contributed by atoms with Gasteiger partial charge in [0.25, 0.3) is 0 Å². The summed E-state index contributed by atoms with van der Waals surface area (Å²) in [7, 11) is 0. The molecule has 0 saturated carbocycles. The maximum absolute atomic E-state index is 12.4. The van der Waals surface area contributed by atoms with Crippen molar-refractivity contribution in [2.45, 2.75) is 39.8 Å². The van der Waals surface area contributed by atoms with Crippen LogP contribution in [0.5, 0.6) is 0 Å². The topological polar surface area (TPSA) is 75.2 Å². The molecule has 1 aliphatic heterocycles. The van der Waals surface area contributed by atoms with E-state index in [0.29, 0.717) is 19.6 Å². The lowest BCUT2D eigenvalue weighted by molar-refractivity contribution is -0.129. The lowest BCUT2D eigenvalue weighted by Crippen LogP contribution is -2.32. The normalized spacial score (nSPS) is 17.1. The number of pyridine rings is 1. The van der Waals surface area contributed by atoms with Crippen LogP contribution in [-0.4, -0.2) is 33.2 Å². The first-order valence-electron chi connectivity index (χ1n) is 8.47. The highest BCUT2D eigenvalue weighted by molar-refractivity contribution is 7.11. The molecule has 0 unspecified atom stereocenters. The third-order valence-corrected chi connectivity index (χ3v) is 5.32. The van der Waals surface area contributed by atoms with Crippen molar-refractivity contribution < 1.29 is 9.59 Å². The molecule has 1 N–H and O–H groups in total. The first kappa shape index (κ1) is 17.5. The summed E-state index contributed by atoms with van der Waals surface area (Å²) in [5.41, 5.74) is 1.88. The van der Waals surface area contributed by atoms with E-state index in [2.05, 4.69) is 22.2 Å². The number of carbonyl (C=O) groups is 2. The van der Waals surface area contributed by atoms with Gasteiger partial charge in [-0.25, -0.2) is 4.98 Å². The summed E-state index contributed by atoms with van der Waals surface area (Å²) >= 11 is 1.61. The van der Waals surface area contributed by atoms with Gasteiger partial charge in [0, 0.05) is 24.0 Å². The molecule has 3 heterocycles. The van der Waals surface area contributed by atoms with Gasteiger partial charge in [0.15, 0.2) is 0 Å². The monoisotopic (exact) mass is 358 g/mol. The van der Waals surface area contributed by atoms with Gasteiger partial charge in [0.1, 0.15) is 0 Å². The standard InChI is InChI=1S/C18H22N4O2S/c1-3-15-16(25-12(2)21-15)9-20-18(24)13-8-17(23)22(10-13)11-14-6-4-5-7-19-14/h4-7,13H,3,8-11H2,1-2H3,(H,20,24)/t13-/m1/s1. The number of nitrogens with one attached hydrogen (secondary N) is 1. The van der Waals surface area contributed by atoms with Crippen LogP contribution in [0.3, 0.4) is 0 Å². The molecule has 0 radical (unpaired) electrons. The van der Waals surface area contributed by atoms with Crippen LogP contribution in [0.25, 0.3) is 0 Å². The Kier molecular flexibility index (Phi) is 5.43. The molecular weight excluding hydrogens is 336 g/mol. The Balaban J connectivity index is 1.55. The largest absolute Gasteiger partial charge is 0.351 e. The van der Waals surface area contributed by atoms with Gasteiger partial charge in [0.2, 0.25) is 11.8 Å². The second kappa shape index (κ2) is 7.74. The number of carbonyl (C=O) groups excluding carboxylic acids is 2. The van der Waals surface area contributed by atoms with Crippen LogP contribution in [0.15, 0.2) is 24.4 Å². The van der Waals surface area contributed by atoms with Crippen molar-refractivity contribution in [1.82, 2.24) is 20.2 Å². The molecule has 1 fully saturated rings. The molecule has 1 atom stereocenters. The number of aromatic nitrogens is 2. The zero-order valence-electron chi connectivity index (χ0n) is 14.5. The third kappa shape index (κ3) is 4.22. The lowest BCUT2D eigenvalue weighted by atomic mass is 10.1. The molecule has 0 bridgehead atoms. The molecule has 25 heavy (non-hydrogen) atoms. The number of hydrogen-bond donors (Lipinski definition) is 1. The van der Waals surface area contributed by atoms with E-state index in [1.807, 2.05) is 25.1 Å². The van der Waals surface area contributed by atoms with Crippen molar-refractivity contribution in [1.29, 1.82) is 0 Å². The Morgan fingerprint density at radius 2 is 2.28 bits per heavy atom. The summed E-state index contributed by atoms with van der Waals surface area (Å²) in [6, 6.07) is 5.63. The van der Waals surface area contributed by atoms with Crippen LogP contribution >= 0.6 is 11.3 Å². The fraction of sp³-hybridized carbons (Fsp3) is 0.444. The van der Waals surface area contributed by atoms with Crippen molar-refractivity contribution in [2.75, 3.05) is 6.54 Å². The zero-order chi connectivity index (χ0) is 17.8. The highest BCUT2D eigenvalue weighted by Gasteiger charge is 2.34. The summed E-state index contributed by atoms with van der Waals surface area (Å²) in [5.74, 6) is -0.353. The van der Waals surface area contributed by atoms with Gasteiger partial charge < -0.3 is 10.2 Å². The minimum atomic E-state index is -0.296. The number of rotatable bonds is 6. The molecule has 2 amide bonds. The van der Waals surface area contributed by atoms with Gasteiger partial charge >= 0.3 is 0 Å². The van der Waals surface area contributed by atoms with Crippen LogP contribution in [-0.2, 0) is 29.1 Å². The predicted octanol–water partition coefficient (Wildman–Crippen LogP) is 2.07. The van der Waals surface area contributed by atoms with E-state index < -0.39 is 0 Å². The molecule has 0 aliphatic carbocycles. The SMILES string of the molecule is CCc1nc(C)sc1CNC(=O)[C@@H]1CC(=O)N(Cc2ccccn2)C1. The maximum Gasteiger partial charge on any atom is 0.225 e. The second-order valence-electron chi connectivity index (χ2n) is 6.17. The first-order valence-corrected chi connectivity index (χ1v) is 9.29. The minimum absolute atomic E-state index is 0.00804. The number of hydrogen-bond acceptors (Lipinski definition) is 5. The van der Waals surface area contributed by atoms with Crippen molar-refractivity contribution in [3.63, 3.8) is 0 Å². The van der Waals surface area contributed by atoms with Crippen LogP contribution < -0.4 is 5.32 Å². The Hall–Kier alpha value is -2.28. The number of thiazole rings is 1. The Bertz CT molecular complexity index is 760.